The van der Waals surface area contributed by atoms with Crippen LogP contribution >= 0.6 is 15.9 Å². The summed E-state index contributed by atoms with van der Waals surface area (Å²) in [5.74, 6) is -0.0277. The second-order valence-corrected chi connectivity index (χ2v) is 5.24. The van der Waals surface area contributed by atoms with Crippen LogP contribution in [0.4, 0.5) is 0 Å². The van der Waals surface area contributed by atoms with E-state index in [4.69, 9.17) is 4.74 Å². The molecule has 1 rings (SSSR count). The van der Waals surface area contributed by atoms with E-state index in [1.807, 2.05) is 38.1 Å². The normalized spacial score (nSPS) is 11.3. The van der Waals surface area contributed by atoms with Crippen molar-refractivity contribution in [1.82, 2.24) is 5.32 Å². The lowest BCUT2D eigenvalue weighted by Gasteiger charge is -2.28. The minimum atomic E-state index is -0.844. The summed E-state index contributed by atoms with van der Waals surface area (Å²) in [5, 5.41) is 12.3. The molecule has 0 aliphatic heterocycles. The van der Waals surface area contributed by atoms with Crippen LogP contribution in [0.25, 0.3) is 0 Å². The van der Waals surface area contributed by atoms with Crippen molar-refractivity contribution in [2.75, 3.05) is 13.2 Å². The lowest BCUT2D eigenvalue weighted by Crippen LogP contribution is -2.52. The summed E-state index contributed by atoms with van der Waals surface area (Å²) < 4.78 is 6.55. The van der Waals surface area contributed by atoms with Crippen molar-refractivity contribution in [2.24, 2.45) is 0 Å². The topological polar surface area (TPSA) is 58.6 Å². The second kappa shape index (κ2) is 7.50. The van der Waals surface area contributed by atoms with E-state index < -0.39 is 11.5 Å². The number of halogens is 1. The number of carbonyl (C=O) groups is 1. The van der Waals surface area contributed by atoms with Crippen molar-refractivity contribution >= 4 is 21.9 Å². The Balaban J connectivity index is 2.41. The molecular formula is C14H20BrNO3. The highest BCUT2D eigenvalue weighted by molar-refractivity contribution is 9.10. The molecule has 0 aliphatic carbocycles. The minimum Gasteiger partial charge on any atom is -0.492 e. The van der Waals surface area contributed by atoms with Crippen LogP contribution in [0.5, 0.6) is 5.75 Å². The Morgan fingerprint density at radius 2 is 1.89 bits per heavy atom. The van der Waals surface area contributed by atoms with Gasteiger partial charge in [-0.1, -0.05) is 29.8 Å². The van der Waals surface area contributed by atoms with Crippen LogP contribution in [0.2, 0.25) is 0 Å². The van der Waals surface area contributed by atoms with Crippen LogP contribution < -0.4 is 10.1 Å². The number of rotatable bonds is 8. The minimum absolute atomic E-state index is 0.441. The van der Waals surface area contributed by atoms with E-state index in [1.54, 1.807) is 0 Å². The van der Waals surface area contributed by atoms with Crippen LogP contribution in [0.15, 0.2) is 28.7 Å². The molecule has 0 aliphatic rings. The quantitative estimate of drug-likeness (QED) is 0.719. The zero-order chi connectivity index (χ0) is 14.3. The van der Waals surface area contributed by atoms with E-state index in [-0.39, 0.29) is 0 Å². The van der Waals surface area contributed by atoms with Gasteiger partial charge in [-0.2, -0.15) is 0 Å². The Morgan fingerprint density at radius 1 is 1.32 bits per heavy atom. The summed E-state index contributed by atoms with van der Waals surface area (Å²) in [6.45, 7) is 4.70. The number of carboxylic acid groups (broad SMARTS) is 1. The van der Waals surface area contributed by atoms with E-state index in [0.717, 1.165) is 10.2 Å². The van der Waals surface area contributed by atoms with Gasteiger partial charge in [-0.3, -0.25) is 10.1 Å². The van der Waals surface area contributed by atoms with Gasteiger partial charge < -0.3 is 9.84 Å². The number of carboxylic acids is 1. The third kappa shape index (κ3) is 4.51. The first-order valence-electron chi connectivity index (χ1n) is 6.41. The SMILES string of the molecule is CCC(CC)(NCCOc1ccc(Br)cc1)C(=O)O. The molecule has 1 aromatic rings. The van der Waals surface area contributed by atoms with Gasteiger partial charge in [-0.25, -0.2) is 0 Å². The summed E-state index contributed by atoms with van der Waals surface area (Å²) >= 11 is 3.35. The van der Waals surface area contributed by atoms with Crippen molar-refractivity contribution in [1.29, 1.82) is 0 Å². The average Bonchev–Trinajstić information content (AvgIpc) is 2.41. The second-order valence-electron chi connectivity index (χ2n) is 4.32. The molecule has 0 saturated carbocycles. The van der Waals surface area contributed by atoms with Crippen LogP contribution in [0, 0.1) is 0 Å². The smallest absolute Gasteiger partial charge is 0.323 e. The van der Waals surface area contributed by atoms with Crippen molar-refractivity contribution in [3.63, 3.8) is 0 Å². The molecule has 1 aromatic carbocycles. The lowest BCUT2D eigenvalue weighted by molar-refractivity contribution is -0.145. The van der Waals surface area contributed by atoms with E-state index in [1.165, 1.54) is 0 Å². The maximum absolute atomic E-state index is 11.3. The first-order chi connectivity index (χ1) is 9.04. The molecule has 106 valence electrons. The highest BCUT2D eigenvalue weighted by atomic mass is 79.9. The van der Waals surface area contributed by atoms with Gasteiger partial charge in [0.1, 0.15) is 17.9 Å². The lowest BCUT2D eigenvalue weighted by atomic mass is 9.93. The van der Waals surface area contributed by atoms with Gasteiger partial charge in [0, 0.05) is 11.0 Å². The predicted octanol–water partition coefficient (Wildman–Crippen LogP) is 3.06. The van der Waals surface area contributed by atoms with Crippen LogP contribution in [-0.4, -0.2) is 29.8 Å². The number of aliphatic carboxylic acids is 1. The zero-order valence-corrected chi connectivity index (χ0v) is 12.9. The van der Waals surface area contributed by atoms with Gasteiger partial charge in [0.25, 0.3) is 0 Å². The summed E-state index contributed by atoms with van der Waals surface area (Å²) in [4.78, 5) is 11.3. The maximum Gasteiger partial charge on any atom is 0.323 e. The Morgan fingerprint density at radius 3 is 2.37 bits per heavy atom. The Bertz CT molecular complexity index is 402. The van der Waals surface area contributed by atoms with Crippen molar-refractivity contribution in [2.45, 2.75) is 32.2 Å². The third-order valence-corrected chi connectivity index (χ3v) is 3.79. The van der Waals surface area contributed by atoms with Gasteiger partial charge in [0.15, 0.2) is 0 Å². The molecule has 0 aromatic heterocycles. The standard InChI is InChI=1S/C14H20BrNO3/c1-3-14(4-2,13(17)18)16-9-10-19-12-7-5-11(15)6-8-12/h5-8,16H,3-4,9-10H2,1-2H3,(H,17,18). The van der Waals surface area contributed by atoms with E-state index >= 15 is 0 Å². The molecule has 5 heteroatoms. The molecular weight excluding hydrogens is 310 g/mol. The molecule has 0 atom stereocenters. The third-order valence-electron chi connectivity index (χ3n) is 3.26. The van der Waals surface area contributed by atoms with Crippen LogP contribution in [0.1, 0.15) is 26.7 Å². The Kier molecular flexibility index (Phi) is 6.31. The molecule has 2 N–H and O–H groups in total. The molecule has 0 fully saturated rings. The monoisotopic (exact) mass is 329 g/mol. The summed E-state index contributed by atoms with van der Waals surface area (Å²) in [6.07, 6.45) is 1.11. The van der Waals surface area contributed by atoms with Crippen molar-refractivity contribution in [3.05, 3.63) is 28.7 Å². The molecule has 0 bridgehead atoms. The fourth-order valence-corrected chi connectivity index (χ4v) is 2.13. The average molecular weight is 330 g/mol. The van der Waals surface area contributed by atoms with Crippen LogP contribution in [0.3, 0.4) is 0 Å². The van der Waals surface area contributed by atoms with E-state index in [2.05, 4.69) is 21.2 Å². The summed E-state index contributed by atoms with van der Waals surface area (Å²) in [5.41, 5.74) is -0.844. The molecule has 0 amide bonds. The van der Waals surface area contributed by atoms with Gasteiger partial charge in [0.2, 0.25) is 0 Å². The number of hydrogen-bond acceptors (Lipinski definition) is 3. The van der Waals surface area contributed by atoms with Gasteiger partial charge in [0.05, 0.1) is 0 Å². The first-order valence-corrected chi connectivity index (χ1v) is 7.20. The fraction of sp³-hybridized carbons (Fsp3) is 0.500. The maximum atomic E-state index is 11.3. The van der Waals surface area contributed by atoms with Gasteiger partial charge >= 0.3 is 5.97 Å². The largest absolute Gasteiger partial charge is 0.492 e. The number of benzene rings is 1. The molecule has 0 spiro atoms. The number of nitrogens with one attached hydrogen (secondary N) is 1. The van der Waals surface area contributed by atoms with Crippen molar-refractivity contribution < 1.29 is 14.6 Å². The summed E-state index contributed by atoms with van der Waals surface area (Å²) in [6, 6.07) is 7.55. The molecule has 0 radical (unpaired) electrons. The fourth-order valence-electron chi connectivity index (χ4n) is 1.87. The zero-order valence-electron chi connectivity index (χ0n) is 11.3. The Hall–Kier alpha value is -1.07. The first kappa shape index (κ1) is 16.0. The van der Waals surface area contributed by atoms with Gasteiger partial charge in [-0.15, -0.1) is 0 Å². The molecule has 0 unspecified atom stereocenters. The number of ether oxygens (including phenoxy) is 1. The number of hydrogen-bond donors (Lipinski definition) is 2. The summed E-state index contributed by atoms with van der Waals surface area (Å²) in [7, 11) is 0. The van der Waals surface area contributed by atoms with Crippen molar-refractivity contribution in [3.8, 4) is 5.75 Å². The van der Waals surface area contributed by atoms with E-state index in [9.17, 15) is 9.90 Å². The highest BCUT2D eigenvalue weighted by Crippen LogP contribution is 2.17. The van der Waals surface area contributed by atoms with Crippen LogP contribution in [-0.2, 0) is 4.79 Å². The molecule has 0 heterocycles. The van der Waals surface area contributed by atoms with E-state index in [0.29, 0.717) is 26.0 Å². The van der Waals surface area contributed by atoms with Gasteiger partial charge in [-0.05, 0) is 37.1 Å². The molecule has 19 heavy (non-hydrogen) atoms. The highest BCUT2D eigenvalue weighted by Gasteiger charge is 2.33. The molecule has 0 saturated heterocycles. The predicted molar refractivity (Wildman–Crippen MR) is 78.6 cm³/mol. The molecule has 4 nitrogen and oxygen atoms in total. The Labute approximate surface area is 122 Å².